The fraction of sp³-hybridized carbons (Fsp3) is 1.00. The number of hydrogen-bond donors (Lipinski definition) is 0. The van der Waals surface area contributed by atoms with Crippen LogP contribution in [0.1, 0.15) is 53.4 Å². The fourth-order valence-electron chi connectivity index (χ4n) is 1.35. The minimum Gasteiger partial charge on any atom is -0.301 e. The molecule has 0 aromatic rings. The second kappa shape index (κ2) is 7.60. The maximum Gasteiger partial charge on any atom is 0.00385 e. The van der Waals surface area contributed by atoms with Crippen LogP contribution in [0.3, 0.4) is 0 Å². The maximum atomic E-state index is 2.59. The first kappa shape index (κ1) is 12.0. The molecule has 0 aromatic heterocycles. The van der Waals surface area contributed by atoms with E-state index in [1.807, 2.05) is 0 Å². The van der Waals surface area contributed by atoms with Gasteiger partial charge in [-0.25, -0.2) is 0 Å². The fourth-order valence-corrected chi connectivity index (χ4v) is 1.35. The summed E-state index contributed by atoms with van der Waals surface area (Å²) in [6.07, 6.45) is 5.33. The Balaban J connectivity index is 3.55. The van der Waals surface area contributed by atoms with Crippen LogP contribution in [0.15, 0.2) is 0 Å². The topological polar surface area (TPSA) is 3.24 Å². The van der Waals surface area contributed by atoms with Crippen molar-refractivity contribution >= 4 is 0 Å². The van der Waals surface area contributed by atoms with Crippen molar-refractivity contribution in [3.8, 4) is 0 Å². The third kappa shape index (κ3) is 5.59. The first-order chi connectivity index (χ1) is 5.72. The maximum absolute atomic E-state index is 2.59. The van der Waals surface area contributed by atoms with E-state index >= 15 is 0 Å². The normalized spacial score (nSPS) is 11.5. The smallest absolute Gasteiger partial charge is 0.00385 e. The summed E-state index contributed by atoms with van der Waals surface area (Å²) >= 11 is 0. The molecule has 0 aliphatic carbocycles. The lowest BCUT2D eigenvalue weighted by molar-refractivity contribution is 0.215. The molecule has 0 N–H and O–H groups in total. The van der Waals surface area contributed by atoms with Gasteiger partial charge in [-0.15, -0.1) is 0 Å². The van der Waals surface area contributed by atoms with Crippen molar-refractivity contribution in [3.05, 3.63) is 0 Å². The Labute approximate surface area is 78.1 Å². The van der Waals surface area contributed by atoms with Gasteiger partial charge in [0, 0.05) is 6.04 Å². The Kier molecular flexibility index (Phi) is 7.58. The summed E-state index contributed by atoms with van der Waals surface area (Å²) in [5.41, 5.74) is 0. The molecule has 0 spiro atoms. The molecule has 0 heterocycles. The van der Waals surface area contributed by atoms with Gasteiger partial charge in [0.2, 0.25) is 0 Å². The highest BCUT2D eigenvalue weighted by Gasteiger charge is 2.06. The molecule has 0 aromatic carbocycles. The quantitative estimate of drug-likeness (QED) is 0.568. The molecule has 0 bridgehead atoms. The summed E-state index contributed by atoms with van der Waals surface area (Å²) in [6.45, 7) is 11.7. The first-order valence-corrected chi connectivity index (χ1v) is 5.46. The highest BCUT2D eigenvalue weighted by atomic mass is 15.1. The first-order valence-electron chi connectivity index (χ1n) is 5.46. The largest absolute Gasteiger partial charge is 0.301 e. The van der Waals surface area contributed by atoms with Crippen molar-refractivity contribution in [3.63, 3.8) is 0 Å². The lowest BCUT2D eigenvalue weighted by atomic mass is 10.2. The van der Waals surface area contributed by atoms with Gasteiger partial charge in [0.05, 0.1) is 0 Å². The predicted molar refractivity (Wildman–Crippen MR) is 56.5 cm³/mol. The Hall–Kier alpha value is -0.0400. The van der Waals surface area contributed by atoms with E-state index < -0.39 is 0 Å². The van der Waals surface area contributed by atoms with E-state index in [1.165, 1.54) is 38.8 Å². The van der Waals surface area contributed by atoms with Crippen LogP contribution < -0.4 is 0 Å². The van der Waals surface area contributed by atoms with Crippen LogP contribution in [0.25, 0.3) is 0 Å². The van der Waals surface area contributed by atoms with Gasteiger partial charge >= 0.3 is 0 Å². The Bertz CT molecular complexity index is 81.0. The van der Waals surface area contributed by atoms with Gasteiger partial charge in [-0.3, -0.25) is 0 Å². The minimum absolute atomic E-state index is 0.725. The van der Waals surface area contributed by atoms with E-state index in [4.69, 9.17) is 0 Å². The third-order valence-corrected chi connectivity index (χ3v) is 2.33. The van der Waals surface area contributed by atoms with Crippen LogP contribution in [0.2, 0.25) is 0 Å². The summed E-state index contributed by atoms with van der Waals surface area (Å²) in [5, 5.41) is 0. The van der Waals surface area contributed by atoms with Crippen molar-refractivity contribution in [1.82, 2.24) is 4.90 Å². The lowest BCUT2D eigenvalue weighted by Crippen LogP contribution is -2.32. The molecule has 0 aliphatic heterocycles. The van der Waals surface area contributed by atoms with Crippen LogP contribution in [-0.4, -0.2) is 24.0 Å². The summed E-state index contributed by atoms with van der Waals surface area (Å²) in [7, 11) is 0. The second-order valence-corrected chi connectivity index (χ2v) is 3.84. The molecule has 0 saturated heterocycles. The molecule has 0 unspecified atom stereocenters. The molecule has 0 rings (SSSR count). The molecular formula is C11H25N. The molecule has 0 atom stereocenters. The van der Waals surface area contributed by atoms with E-state index in [1.54, 1.807) is 0 Å². The van der Waals surface area contributed by atoms with Gasteiger partial charge in [0.1, 0.15) is 0 Å². The van der Waals surface area contributed by atoms with Crippen molar-refractivity contribution in [1.29, 1.82) is 0 Å². The second-order valence-electron chi connectivity index (χ2n) is 3.84. The molecule has 1 heteroatoms. The van der Waals surface area contributed by atoms with Crippen molar-refractivity contribution in [2.75, 3.05) is 13.1 Å². The molecule has 0 radical (unpaired) electrons. The summed E-state index contributed by atoms with van der Waals surface area (Å²) in [5.74, 6) is 0. The molecular weight excluding hydrogens is 146 g/mol. The monoisotopic (exact) mass is 171 g/mol. The summed E-state index contributed by atoms with van der Waals surface area (Å²) < 4.78 is 0. The summed E-state index contributed by atoms with van der Waals surface area (Å²) in [4.78, 5) is 2.59. The van der Waals surface area contributed by atoms with Gasteiger partial charge in [-0.1, -0.05) is 26.7 Å². The average molecular weight is 171 g/mol. The van der Waals surface area contributed by atoms with E-state index in [-0.39, 0.29) is 0 Å². The van der Waals surface area contributed by atoms with Crippen LogP contribution in [-0.2, 0) is 0 Å². The zero-order chi connectivity index (χ0) is 9.40. The Morgan fingerprint density at radius 2 is 1.33 bits per heavy atom. The molecule has 12 heavy (non-hydrogen) atoms. The molecule has 0 fully saturated rings. The van der Waals surface area contributed by atoms with Crippen LogP contribution in [0.5, 0.6) is 0 Å². The summed E-state index contributed by atoms with van der Waals surface area (Å²) in [6, 6.07) is 0.725. The number of rotatable bonds is 7. The van der Waals surface area contributed by atoms with E-state index in [2.05, 4.69) is 32.6 Å². The van der Waals surface area contributed by atoms with Crippen LogP contribution in [0.4, 0.5) is 0 Å². The predicted octanol–water partition coefficient (Wildman–Crippen LogP) is 3.30. The standard InChI is InChI=1S/C11H25N/c1-5-7-9-12(11(3)4)10-8-6-2/h11H,5-10H2,1-4H3. The van der Waals surface area contributed by atoms with Crippen LogP contribution >= 0.6 is 0 Å². The highest BCUT2D eigenvalue weighted by Crippen LogP contribution is 2.03. The van der Waals surface area contributed by atoms with Gasteiger partial charge in [-0.2, -0.15) is 0 Å². The zero-order valence-corrected chi connectivity index (χ0v) is 9.27. The molecule has 0 saturated carbocycles. The zero-order valence-electron chi connectivity index (χ0n) is 9.27. The highest BCUT2D eigenvalue weighted by molar-refractivity contribution is 4.61. The molecule has 1 nitrogen and oxygen atoms in total. The molecule has 74 valence electrons. The molecule has 0 amide bonds. The van der Waals surface area contributed by atoms with Gasteiger partial charge < -0.3 is 4.90 Å². The van der Waals surface area contributed by atoms with Crippen molar-refractivity contribution in [2.24, 2.45) is 0 Å². The van der Waals surface area contributed by atoms with Gasteiger partial charge in [0.15, 0.2) is 0 Å². The minimum atomic E-state index is 0.725. The average Bonchev–Trinajstić information content (AvgIpc) is 2.04. The van der Waals surface area contributed by atoms with Gasteiger partial charge in [0.25, 0.3) is 0 Å². The Morgan fingerprint density at radius 1 is 0.917 bits per heavy atom. The lowest BCUT2D eigenvalue weighted by Gasteiger charge is -2.25. The van der Waals surface area contributed by atoms with Crippen LogP contribution in [0, 0.1) is 0 Å². The Morgan fingerprint density at radius 3 is 1.58 bits per heavy atom. The van der Waals surface area contributed by atoms with Crippen molar-refractivity contribution in [2.45, 2.75) is 59.4 Å². The van der Waals surface area contributed by atoms with Crippen molar-refractivity contribution < 1.29 is 0 Å². The number of unbranched alkanes of at least 4 members (excludes halogenated alkanes) is 2. The van der Waals surface area contributed by atoms with E-state index in [0.717, 1.165) is 6.04 Å². The number of nitrogens with zero attached hydrogens (tertiary/aromatic N) is 1. The SMILES string of the molecule is CCCCN(CCCC)C(C)C. The number of hydrogen-bond acceptors (Lipinski definition) is 1. The molecule has 0 aliphatic rings. The van der Waals surface area contributed by atoms with E-state index in [0.29, 0.717) is 0 Å². The van der Waals surface area contributed by atoms with E-state index in [9.17, 15) is 0 Å². The van der Waals surface area contributed by atoms with Gasteiger partial charge in [-0.05, 0) is 39.8 Å². The third-order valence-electron chi connectivity index (χ3n) is 2.33.